The zero-order chi connectivity index (χ0) is 13.0. The van der Waals surface area contributed by atoms with E-state index in [0.29, 0.717) is 17.1 Å². The summed E-state index contributed by atoms with van der Waals surface area (Å²) in [7, 11) is 0. The lowest BCUT2D eigenvalue weighted by Gasteiger charge is -2.06. The summed E-state index contributed by atoms with van der Waals surface area (Å²) in [6, 6.07) is 12.8. The molecule has 2 aromatic rings. The van der Waals surface area contributed by atoms with E-state index in [9.17, 15) is 9.18 Å². The van der Waals surface area contributed by atoms with E-state index in [1.54, 1.807) is 36.4 Å². The van der Waals surface area contributed by atoms with E-state index < -0.39 is 0 Å². The molecule has 0 radical (unpaired) electrons. The highest BCUT2D eigenvalue weighted by molar-refractivity contribution is 6.33. The van der Waals surface area contributed by atoms with Crippen LogP contribution in [0.3, 0.4) is 0 Å². The molecule has 2 aromatic carbocycles. The molecule has 4 heteroatoms. The van der Waals surface area contributed by atoms with Gasteiger partial charge in [0.25, 0.3) is 5.91 Å². The zero-order valence-electron chi connectivity index (χ0n) is 9.49. The normalized spacial score (nSPS) is 10.1. The summed E-state index contributed by atoms with van der Waals surface area (Å²) in [5.74, 6) is -0.541. The molecule has 2 nitrogen and oxygen atoms in total. The van der Waals surface area contributed by atoms with Crippen LogP contribution in [0.5, 0.6) is 0 Å². The van der Waals surface area contributed by atoms with Gasteiger partial charge in [-0.15, -0.1) is 0 Å². The van der Waals surface area contributed by atoms with Crippen molar-refractivity contribution in [2.24, 2.45) is 0 Å². The minimum Gasteiger partial charge on any atom is -0.348 e. The van der Waals surface area contributed by atoms with Crippen molar-refractivity contribution in [2.45, 2.75) is 6.54 Å². The summed E-state index contributed by atoms with van der Waals surface area (Å²) in [5, 5.41) is 3.14. The molecule has 0 bridgehead atoms. The molecular weight excluding hydrogens is 253 g/mol. The van der Waals surface area contributed by atoms with E-state index >= 15 is 0 Å². The number of rotatable bonds is 3. The van der Waals surface area contributed by atoms with Gasteiger partial charge in [0.2, 0.25) is 0 Å². The summed E-state index contributed by atoms with van der Waals surface area (Å²) in [6.45, 7) is 0.338. The van der Waals surface area contributed by atoms with Gasteiger partial charge in [-0.2, -0.15) is 0 Å². The minimum atomic E-state index is -0.295. The number of amides is 1. The molecular formula is C14H11ClFNO. The van der Waals surface area contributed by atoms with Crippen molar-refractivity contribution in [1.82, 2.24) is 5.32 Å². The van der Waals surface area contributed by atoms with Gasteiger partial charge in [-0.1, -0.05) is 35.9 Å². The Bertz CT molecular complexity index is 554. The Morgan fingerprint density at radius 2 is 1.78 bits per heavy atom. The standard InChI is InChI=1S/C14H11ClFNO/c15-13-4-2-1-3-12(13)14(18)17-9-10-5-7-11(16)8-6-10/h1-8H,9H2,(H,17,18). The smallest absolute Gasteiger partial charge is 0.253 e. The first kappa shape index (κ1) is 12.6. The number of carbonyl (C=O) groups excluding carboxylic acids is 1. The predicted octanol–water partition coefficient (Wildman–Crippen LogP) is 3.41. The average Bonchev–Trinajstić information content (AvgIpc) is 2.38. The van der Waals surface area contributed by atoms with Gasteiger partial charge in [-0.05, 0) is 29.8 Å². The van der Waals surface area contributed by atoms with Gasteiger partial charge in [0, 0.05) is 6.54 Å². The largest absolute Gasteiger partial charge is 0.348 e. The molecule has 18 heavy (non-hydrogen) atoms. The van der Waals surface area contributed by atoms with E-state index in [1.807, 2.05) is 0 Å². The van der Waals surface area contributed by atoms with Gasteiger partial charge in [0.1, 0.15) is 5.82 Å². The fraction of sp³-hybridized carbons (Fsp3) is 0.0714. The highest BCUT2D eigenvalue weighted by atomic mass is 35.5. The number of carbonyl (C=O) groups is 1. The van der Waals surface area contributed by atoms with Crippen LogP contribution in [0.1, 0.15) is 15.9 Å². The minimum absolute atomic E-state index is 0.245. The molecule has 0 heterocycles. The van der Waals surface area contributed by atoms with Crippen molar-refractivity contribution in [2.75, 3.05) is 0 Å². The van der Waals surface area contributed by atoms with Gasteiger partial charge in [0.05, 0.1) is 10.6 Å². The monoisotopic (exact) mass is 263 g/mol. The molecule has 0 aliphatic carbocycles. The van der Waals surface area contributed by atoms with E-state index in [2.05, 4.69) is 5.32 Å². The molecule has 0 unspecified atom stereocenters. The van der Waals surface area contributed by atoms with E-state index in [4.69, 9.17) is 11.6 Å². The number of hydrogen-bond donors (Lipinski definition) is 1. The second-order valence-corrected chi connectivity index (χ2v) is 4.20. The maximum Gasteiger partial charge on any atom is 0.253 e. The lowest BCUT2D eigenvalue weighted by Crippen LogP contribution is -2.23. The molecule has 0 atom stereocenters. The summed E-state index contributed by atoms with van der Waals surface area (Å²) >= 11 is 5.91. The van der Waals surface area contributed by atoms with Gasteiger partial charge >= 0.3 is 0 Å². The van der Waals surface area contributed by atoms with Crippen LogP contribution < -0.4 is 5.32 Å². The molecule has 0 spiro atoms. The maximum atomic E-state index is 12.7. The second-order valence-electron chi connectivity index (χ2n) is 3.79. The van der Waals surface area contributed by atoms with Crippen LogP contribution in [0.25, 0.3) is 0 Å². The third kappa shape index (κ3) is 3.08. The fourth-order valence-corrected chi connectivity index (χ4v) is 1.75. The Balaban J connectivity index is 2.01. The molecule has 0 aromatic heterocycles. The van der Waals surface area contributed by atoms with Crippen LogP contribution in [0, 0.1) is 5.82 Å². The van der Waals surface area contributed by atoms with E-state index in [1.165, 1.54) is 12.1 Å². The molecule has 0 fully saturated rings. The number of halogens is 2. The van der Waals surface area contributed by atoms with E-state index in [-0.39, 0.29) is 11.7 Å². The molecule has 1 amide bonds. The molecule has 0 saturated carbocycles. The summed E-state index contributed by atoms with van der Waals surface area (Å²) in [4.78, 5) is 11.8. The van der Waals surface area contributed by atoms with Crippen molar-refractivity contribution < 1.29 is 9.18 Å². The summed E-state index contributed by atoms with van der Waals surface area (Å²) in [5.41, 5.74) is 1.26. The molecule has 0 aliphatic rings. The summed E-state index contributed by atoms with van der Waals surface area (Å²) < 4.78 is 12.7. The third-order valence-corrected chi connectivity index (χ3v) is 2.81. The average molecular weight is 264 g/mol. The van der Waals surface area contributed by atoms with Crippen molar-refractivity contribution in [3.63, 3.8) is 0 Å². The highest BCUT2D eigenvalue weighted by Gasteiger charge is 2.08. The highest BCUT2D eigenvalue weighted by Crippen LogP contribution is 2.14. The second kappa shape index (κ2) is 5.65. The molecule has 1 N–H and O–H groups in total. The first-order valence-electron chi connectivity index (χ1n) is 5.44. The van der Waals surface area contributed by atoms with Gasteiger partial charge in [-0.3, -0.25) is 4.79 Å². The van der Waals surface area contributed by atoms with Gasteiger partial charge in [-0.25, -0.2) is 4.39 Å². The Labute approximate surface area is 109 Å². The number of benzene rings is 2. The molecule has 2 rings (SSSR count). The molecule has 0 aliphatic heterocycles. The van der Waals surface area contributed by atoms with Crippen LogP contribution in [0.2, 0.25) is 5.02 Å². The maximum absolute atomic E-state index is 12.7. The van der Waals surface area contributed by atoms with Crippen molar-refractivity contribution >= 4 is 17.5 Å². The molecule has 0 saturated heterocycles. The third-order valence-electron chi connectivity index (χ3n) is 2.48. The zero-order valence-corrected chi connectivity index (χ0v) is 10.2. The topological polar surface area (TPSA) is 29.1 Å². The fourth-order valence-electron chi connectivity index (χ4n) is 1.53. The van der Waals surface area contributed by atoms with Crippen molar-refractivity contribution in [1.29, 1.82) is 0 Å². The van der Waals surface area contributed by atoms with Gasteiger partial charge < -0.3 is 5.32 Å². The number of hydrogen-bond acceptors (Lipinski definition) is 1. The van der Waals surface area contributed by atoms with Crippen molar-refractivity contribution in [3.8, 4) is 0 Å². The van der Waals surface area contributed by atoms with Gasteiger partial charge in [0.15, 0.2) is 0 Å². The van der Waals surface area contributed by atoms with E-state index in [0.717, 1.165) is 5.56 Å². The number of nitrogens with one attached hydrogen (secondary N) is 1. The SMILES string of the molecule is O=C(NCc1ccc(F)cc1)c1ccccc1Cl. The lowest BCUT2D eigenvalue weighted by atomic mass is 10.2. The van der Waals surface area contributed by atoms with Crippen LogP contribution in [-0.4, -0.2) is 5.91 Å². The van der Waals surface area contributed by atoms with Crippen LogP contribution in [-0.2, 0) is 6.54 Å². The van der Waals surface area contributed by atoms with Crippen molar-refractivity contribution in [3.05, 3.63) is 70.5 Å². The van der Waals surface area contributed by atoms with Crippen LogP contribution in [0.15, 0.2) is 48.5 Å². The first-order valence-corrected chi connectivity index (χ1v) is 5.82. The first-order chi connectivity index (χ1) is 8.66. The Hall–Kier alpha value is -1.87. The Morgan fingerprint density at radius 3 is 2.44 bits per heavy atom. The predicted molar refractivity (Wildman–Crippen MR) is 69.0 cm³/mol. The van der Waals surface area contributed by atoms with Crippen LogP contribution >= 0.6 is 11.6 Å². The summed E-state index contributed by atoms with van der Waals surface area (Å²) in [6.07, 6.45) is 0. The lowest BCUT2D eigenvalue weighted by molar-refractivity contribution is 0.0951. The Kier molecular flexibility index (Phi) is 3.95. The Morgan fingerprint density at radius 1 is 1.11 bits per heavy atom. The molecule has 92 valence electrons. The van der Waals surface area contributed by atoms with Crippen LogP contribution in [0.4, 0.5) is 4.39 Å². The quantitative estimate of drug-likeness (QED) is 0.903.